The number of amides is 2. The number of hydrogen-bond acceptors (Lipinski definition) is 5. The Morgan fingerprint density at radius 3 is 2.57 bits per heavy atom. The number of rotatable bonds is 7. The van der Waals surface area contributed by atoms with Crippen molar-refractivity contribution in [3.8, 4) is 0 Å². The summed E-state index contributed by atoms with van der Waals surface area (Å²) >= 11 is 1.47. The molecule has 0 saturated carbocycles. The molecule has 1 fully saturated rings. The Hall–Kier alpha value is -2.01. The van der Waals surface area contributed by atoms with E-state index in [9.17, 15) is 17.6 Å². The van der Waals surface area contributed by atoms with Crippen LogP contribution in [-0.2, 0) is 14.8 Å². The van der Waals surface area contributed by atoms with Crippen molar-refractivity contribution in [1.82, 2.24) is 14.9 Å². The number of sulfonamides is 1. The fraction of sp³-hybridized carbons (Fsp3) is 0.389. The molecular formula is C18H22FN3O4S2. The first kappa shape index (κ1) is 20.7. The molecule has 0 radical (unpaired) electrons. The van der Waals surface area contributed by atoms with Crippen molar-refractivity contribution in [3.63, 3.8) is 0 Å². The van der Waals surface area contributed by atoms with E-state index < -0.39 is 22.1 Å². The zero-order valence-corrected chi connectivity index (χ0v) is 16.8. The number of hydrogen-bond donors (Lipinski definition) is 2. The van der Waals surface area contributed by atoms with Gasteiger partial charge in [-0.15, -0.1) is 11.3 Å². The molecule has 1 aromatic heterocycles. The number of nitrogens with one attached hydrogen (secondary N) is 2. The zero-order chi connectivity index (χ0) is 20.0. The molecule has 1 unspecified atom stereocenters. The van der Waals surface area contributed by atoms with Gasteiger partial charge in [0.2, 0.25) is 10.0 Å². The number of benzene rings is 1. The molecule has 1 aliphatic rings. The third kappa shape index (κ3) is 5.51. The van der Waals surface area contributed by atoms with Crippen LogP contribution in [0.1, 0.15) is 16.5 Å². The maximum absolute atomic E-state index is 13.2. The van der Waals surface area contributed by atoms with Crippen LogP contribution in [0, 0.1) is 5.82 Å². The van der Waals surface area contributed by atoms with Gasteiger partial charge in [-0.2, -0.15) is 4.31 Å². The summed E-state index contributed by atoms with van der Waals surface area (Å²) in [5.41, 5.74) is 0.736. The monoisotopic (exact) mass is 427 g/mol. The van der Waals surface area contributed by atoms with Crippen molar-refractivity contribution in [2.45, 2.75) is 6.04 Å². The van der Waals surface area contributed by atoms with E-state index in [0.29, 0.717) is 26.3 Å². The third-order valence-corrected chi connectivity index (χ3v) is 7.12. The summed E-state index contributed by atoms with van der Waals surface area (Å²) in [7, 11) is -3.44. The van der Waals surface area contributed by atoms with Gasteiger partial charge in [0.05, 0.1) is 25.0 Å². The summed E-state index contributed by atoms with van der Waals surface area (Å²) in [6.07, 6.45) is 0. The second-order valence-electron chi connectivity index (χ2n) is 6.23. The Morgan fingerprint density at radius 2 is 1.93 bits per heavy atom. The highest BCUT2D eigenvalue weighted by Crippen LogP contribution is 2.26. The highest BCUT2D eigenvalue weighted by molar-refractivity contribution is 7.89. The molecule has 3 rings (SSSR count). The van der Waals surface area contributed by atoms with Gasteiger partial charge in [-0.3, -0.25) is 0 Å². The molecule has 10 heteroatoms. The minimum absolute atomic E-state index is 0.00784. The van der Waals surface area contributed by atoms with Crippen molar-refractivity contribution in [2.75, 3.05) is 38.6 Å². The first-order valence-electron chi connectivity index (χ1n) is 8.84. The van der Waals surface area contributed by atoms with Crippen molar-refractivity contribution >= 4 is 27.4 Å². The Morgan fingerprint density at radius 1 is 1.21 bits per heavy atom. The van der Waals surface area contributed by atoms with Crippen LogP contribution in [0.2, 0.25) is 0 Å². The van der Waals surface area contributed by atoms with Gasteiger partial charge in [-0.1, -0.05) is 18.2 Å². The standard InChI is InChI=1S/C18H22FN3O4S2/c19-15-5-3-14(4-6-15)17(16-2-1-12-27-16)21-18(23)20-7-13-28(24,25)22-8-10-26-11-9-22/h1-6,12,17H,7-11,13H2,(H2,20,21,23). The maximum atomic E-state index is 13.2. The van der Waals surface area contributed by atoms with Crippen LogP contribution >= 0.6 is 11.3 Å². The number of halogens is 1. The van der Waals surface area contributed by atoms with E-state index in [1.165, 1.54) is 27.8 Å². The lowest BCUT2D eigenvalue weighted by Gasteiger charge is -2.26. The predicted molar refractivity (Wildman–Crippen MR) is 105 cm³/mol. The second-order valence-corrected chi connectivity index (χ2v) is 9.30. The first-order valence-corrected chi connectivity index (χ1v) is 11.3. The van der Waals surface area contributed by atoms with Gasteiger partial charge >= 0.3 is 6.03 Å². The quantitative estimate of drug-likeness (QED) is 0.707. The summed E-state index contributed by atoms with van der Waals surface area (Å²) in [4.78, 5) is 13.2. The predicted octanol–water partition coefficient (Wildman–Crippen LogP) is 1.94. The summed E-state index contributed by atoms with van der Waals surface area (Å²) in [5.74, 6) is -0.535. The molecule has 152 valence electrons. The largest absolute Gasteiger partial charge is 0.379 e. The number of carbonyl (C=O) groups excluding carboxylic acids is 1. The van der Waals surface area contributed by atoms with E-state index in [4.69, 9.17) is 4.74 Å². The van der Waals surface area contributed by atoms with Gasteiger partial charge in [0.25, 0.3) is 0 Å². The molecule has 0 aliphatic carbocycles. The van der Waals surface area contributed by atoms with E-state index in [0.717, 1.165) is 10.4 Å². The highest BCUT2D eigenvalue weighted by Gasteiger charge is 2.24. The van der Waals surface area contributed by atoms with Crippen LogP contribution < -0.4 is 10.6 Å². The fourth-order valence-electron chi connectivity index (χ4n) is 2.86. The van der Waals surface area contributed by atoms with Crippen LogP contribution in [-0.4, -0.2) is 57.4 Å². The minimum atomic E-state index is -3.44. The molecular weight excluding hydrogens is 405 g/mol. The molecule has 0 bridgehead atoms. The Kier molecular flexibility index (Phi) is 7.00. The zero-order valence-electron chi connectivity index (χ0n) is 15.1. The van der Waals surface area contributed by atoms with Crippen molar-refractivity contribution in [3.05, 3.63) is 58.0 Å². The van der Waals surface area contributed by atoms with Crippen LogP contribution in [0.5, 0.6) is 0 Å². The summed E-state index contributed by atoms with van der Waals surface area (Å²) in [6.45, 7) is 1.42. The summed E-state index contributed by atoms with van der Waals surface area (Å²) in [6, 6.07) is 8.71. The smallest absolute Gasteiger partial charge is 0.315 e. The summed E-state index contributed by atoms with van der Waals surface area (Å²) in [5, 5.41) is 7.31. The number of thiophene rings is 1. The number of morpholine rings is 1. The Balaban J connectivity index is 1.57. The summed E-state index contributed by atoms with van der Waals surface area (Å²) < 4.78 is 44.3. The molecule has 2 aromatic rings. The van der Waals surface area contributed by atoms with Gasteiger partial charge < -0.3 is 15.4 Å². The SMILES string of the molecule is O=C(NCCS(=O)(=O)N1CCOCC1)NC(c1ccc(F)cc1)c1cccs1. The molecule has 1 aliphatic heterocycles. The molecule has 28 heavy (non-hydrogen) atoms. The topological polar surface area (TPSA) is 87.7 Å². The average Bonchev–Trinajstić information content (AvgIpc) is 3.22. The van der Waals surface area contributed by atoms with Gasteiger partial charge in [0.1, 0.15) is 5.82 Å². The molecule has 2 N–H and O–H groups in total. The van der Waals surface area contributed by atoms with Crippen molar-refractivity contribution < 1.29 is 22.3 Å². The maximum Gasteiger partial charge on any atom is 0.315 e. The highest BCUT2D eigenvalue weighted by atomic mass is 32.2. The lowest BCUT2D eigenvalue weighted by Crippen LogP contribution is -2.45. The number of carbonyl (C=O) groups is 1. The average molecular weight is 428 g/mol. The van der Waals surface area contributed by atoms with Crippen LogP contribution in [0.15, 0.2) is 41.8 Å². The molecule has 2 heterocycles. The van der Waals surface area contributed by atoms with Crippen LogP contribution in [0.3, 0.4) is 0 Å². The molecule has 2 amide bonds. The van der Waals surface area contributed by atoms with Gasteiger partial charge in [0, 0.05) is 24.5 Å². The van der Waals surface area contributed by atoms with Crippen LogP contribution in [0.4, 0.5) is 9.18 Å². The van der Waals surface area contributed by atoms with E-state index in [1.54, 1.807) is 12.1 Å². The molecule has 7 nitrogen and oxygen atoms in total. The van der Waals surface area contributed by atoms with Crippen molar-refractivity contribution in [2.24, 2.45) is 0 Å². The van der Waals surface area contributed by atoms with E-state index in [1.807, 2.05) is 17.5 Å². The van der Waals surface area contributed by atoms with E-state index >= 15 is 0 Å². The third-order valence-electron chi connectivity index (χ3n) is 4.32. The Bertz CT molecular complexity index is 867. The Labute approximate surface area is 167 Å². The van der Waals surface area contributed by atoms with Crippen molar-refractivity contribution in [1.29, 1.82) is 0 Å². The number of ether oxygens (including phenoxy) is 1. The molecule has 1 aromatic carbocycles. The lowest BCUT2D eigenvalue weighted by molar-refractivity contribution is 0.0730. The van der Waals surface area contributed by atoms with Crippen LogP contribution in [0.25, 0.3) is 0 Å². The van der Waals surface area contributed by atoms with Gasteiger partial charge in [0.15, 0.2) is 0 Å². The van der Waals surface area contributed by atoms with E-state index in [2.05, 4.69) is 10.6 Å². The van der Waals surface area contributed by atoms with Gasteiger partial charge in [-0.25, -0.2) is 17.6 Å². The molecule has 1 saturated heterocycles. The normalized spacial score (nSPS) is 16.5. The minimum Gasteiger partial charge on any atom is -0.379 e. The second kappa shape index (κ2) is 9.46. The number of nitrogens with zero attached hydrogens (tertiary/aromatic N) is 1. The number of urea groups is 1. The molecule has 1 atom stereocenters. The fourth-order valence-corrected chi connectivity index (χ4v) is 4.99. The molecule has 0 spiro atoms. The lowest BCUT2D eigenvalue weighted by atomic mass is 10.1. The first-order chi connectivity index (χ1) is 13.5. The van der Waals surface area contributed by atoms with E-state index in [-0.39, 0.29) is 18.1 Å². The van der Waals surface area contributed by atoms with Gasteiger partial charge in [-0.05, 0) is 29.1 Å².